The molecule has 1 aromatic rings. The number of hydrogen-bond donors (Lipinski definition) is 1. The molecule has 1 aliphatic rings. The maximum absolute atomic E-state index is 14.5. The second-order valence-electron chi connectivity index (χ2n) is 5.54. The van der Waals surface area contributed by atoms with E-state index in [2.05, 4.69) is 0 Å². The molecule has 0 saturated heterocycles. The van der Waals surface area contributed by atoms with Crippen molar-refractivity contribution in [3.05, 3.63) is 35.6 Å². The Balaban J connectivity index is 2.81. The van der Waals surface area contributed by atoms with E-state index in [1.807, 2.05) is 0 Å². The predicted octanol–water partition coefficient (Wildman–Crippen LogP) is 4.76. The SMILES string of the molecule is OC(c1ccc(F)cc1)C1(F)C(F)(F)C(F)(F)C(F)(F)C(F)(F)C1(F)F. The maximum Gasteiger partial charge on any atom is 0.384 e. The van der Waals surface area contributed by atoms with Crippen molar-refractivity contribution < 1.29 is 57.8 Å². The molecule has 0 spiro atoms. The van der Waals surface area contributed by atoms with Crippen LogP contribution in [0.5, 0.6) is 0 Å². The van der Waals surface area contributed by atoms with Gasteiger partial charge in [0.1, 0.15) is 11.9 Å². The molecule has 0 radical (unpaired) electrons. The van der Waals surface area contributed by atoms with Crippen LogP contribution in [0.2, 0.25) is 0 Å². The quantitative estimate of drug-likeness (QED) is 0.703. The number of benzene rings is 1. The van der Waals surface area contributed by atoms with Crippen molar-refractivity contribution in [2.45, 2.75) is 41.4 Å². The average Bonchev–Trinajstić information content (AvgIpc) is 2.52. The van der Waals surface area contributed by atoms with E-state index in [1.165, 1.54) is 0 Å². The zero-order valence-corrected chi connectivity index (χ0v) is 11.9. The normalized spacial score (nSPS) is 28.3. The highest BCUT2D eigenvalue weighted by atomic mass is 19.4. The van der Waals surface area contributed by atoms with Gasteiger partial charge < -0.3 is 5.11 Å². The summed E-state index contributed by atoms with van der Waals surface area (Å²) in [5, 5.41) is 9.43. The number of alkyl halides is 11. The van der Waals surface area contributed by atoms with Crippen LogP contribution in [0.15, 0.2) is 24.3 Å². The molecule has 0 aromatic heterocycles. The first-order valence-electron chi connectivity index (χ1n) is 6.42. The van der Waals surface area contributed by atoms with E-state index in [9.17, 15) is 57.8 Å². The van der Waals surface area contributed by atoms with E-state index in [0.717, 1.165) is 0 Å². The Morgan fingerprint density at radius 3 is 1.23 bits per heavy atom. The van der Waals surface area contributed by atoms with Crippen molar-refractivity contribution >= 4 is 0 Å². The molecule has 26 heavy (non-hydrogen) atoms. The fourth-order valence-corrected chi connectivity index (χ4v) is 2.46. The Labute approximate surface area is 136 Å². The van der Waals surface area contributed by atoms with Crippen molar-refractivity contribution in [1.29, 1.82) is 0 Å². The Bertz CT molecular complexity index is 666. The van der Waals surface area contributed by atoms with Gasteiger partial charge in [0.2, 0.25) is 0 Å². The summed E-state index contributed by atoms with van der Waals surface area (Å²) < 4.78 is 161. The molecule has 13 heteroatoms. The van der Waals surface area contributed by atoms with Crippen molar-refractivity contribution in [3.63, 3.8) is 0 Å². The first-order valence-corrected chi connectivity index (χ1v) is 6.42. The van der Waals surface area contributed by atoms with Crippen LogP contribution in [0.4, 0.5) is 52.7 Å². The molecule has 1 N–H and O–H groups in total. The minimum absolute atomic E-state index is 0.149. The first kappa shape index (κ1) is 20.6. The van der Waals surface area contributed by atoms with Crippen molar-refractivity contribution in [3.8, 4) is 0 Å². The molecule has 1 aliphatic carbocycles. The Hall–Kier alpha value is -1.66. The van der Waals surface area contributed by atoms with Gasteiger partial charge in [-0.3, -0.25) is 0 Å². The van der Waals surface area contributed by atoms with Crippen LogP contribution in [0.3, 0.4) is 0 Å². The van der Waals surface area contributed by atoms with Crippen LogP contribution in [0, 0.1) is 5.82 Å². The Morgan fingerprint density at radius 2 is 0.885 bits per heavy atom. The lowest BCUT2D eigenvalue weighted by Gasteiger charge is -2.53. The summed E-state index contributed by atoms with van der Waals surface area (Å²) in [5.41, 5.74) is -8.02. The molecule has 1 atom stereocenters. The van der Waals surface area contributed by atoms with Gasteiger partial charge in [-0.25, -0.2) is 8.78 Å². The van der Waals surface area contributed by atoms with Gasteiger partial charge in [0.25, 0.3) is 5.67 Å². The summed E-state index contributed by atoms with van der Waals surface area (Å²) in [6.07, 6.45) is -4.14. The van der Waals surface area contributed by atoms with Crippen LogP contribution in [0.1, 0.15) is 11.7 Å². The van der Waals surface area contributed by atoms with E-state index >= 15 is 0 Å². The molecule has 1 nitrogen and oxygen atoms in total. The highest BCUT2D eigenvalue weighted by Gasteiger charge is 3.02. The minimum Gasteiger partial charge on any atom is -0.385 e. The third kappa shape index (κ3) is 1.94. The smallest absolute Gasteiger partial charge is 0.384 e. The largest absolute Gasteiger partial charge is 0.385 e. The maximum atomic E-state index is 14.5. The van der Waals surface area contributed by atoms with Gasteiger partial charge in [0.15, 0.2) is 0 Å². The summed E-state index contributed by atoms with van der Waals surface area (Å²) in [4.78, 5) is 0. The van der Waals surface area contributed by atoms with Gasteiger partial charge in [-0.15, -0.1) is 0 Å². The molecule has 0 aliphatic heterocycles. The topological polar surface area (TPSA) is 20.2 Å². The molecule has 1 saturated carbocycles. The lowest BCUT2D eigenvalue weighted by atomic mass is 9.68. The second-order valence-corrected chi connectivity index (χ2v) is 5.54. The molecule has 2 rings (SSSR count). The molecule has 1 aromatic carbocycles. The third-order valence-corrected chi connectivity index (χ3v) is 4.05. The number of aliphatic hydroxyl groups is 1. The summed E-state index contributed by atoms with van der Waals surface area (Å²) in [6, 6.07) is 0.838. The summed E-state index contributed by atoms with van der Waals surface area (Å²) in [6.45, 7) is 0. The number of hydrogen-bond acceptors (Lipinski definition) is 1. The Morgan fingerprint density at radius 1 is 0.577 bits per heavy atom. The second kappa shape index (κ2) is 5.20. The van der Waals surface area contributed by atoms with Gasteiger partial charge in [-0.2, -0.15) is 43.9 Å². The van der Waals surface area contributed by atoms with Crippen LogP contribution < -0.4 is 0 Å². The van der Waals surface area contributed by atoms with E-state index in [0.29, 0.717) is 0 Å². The average molecular weight is 406 g/mol. The van der Waals surface area contributed by atoms with E-state index in [-0.39, 0.29) is 24.3 Å². The standard InChI is InChI=1S/C13H6F12O/c14-6-3-1-5(2-4-6)7(26)8(15)9(16,17)11(20,21)13(24,25)12(22,23)10(8,18)19/h1-4,7,26H. The van der Waals surface area contributed by atoms with Gasteiger partial charge >= 0.3 is 29.6 Å². The molecular formula is C13H6F12O. The number of halogens is 12. The highest BCUT2D eigenvalue weighted by molar-refractivity contribution is 5.33. The summed E-state index contributed by atoms with van der Waals surface area (Å²) >= 11 is 0. The number of aliphatic hydroxyl groups excluding tert-OH is 1. The molecular weight excluding hydrogens is 400 g/mol. The summed E-state index contributed by atoms with van der Waals surface area (Å²) in [5.74, 6) is -37.4. The van der Waals surface area contributed by atoms with Gasteiger partial charge in [0, 0.05) is 0 Å². The summed E-state index contributed by atoms with van der Waals surface area (Å²) in [7, 11) is 0. The number of rotatable bonds is 2. The minimum atomic E-state index is -7.36. The first-order chi connectivity index (χ1) is 11.4. The van der Waals surface area contributed by atoms with E-state index in [4.69, 9.17) is 0 Å². The van der Waals surface area contributed by atoms with Crippen LogP contribution in [-0.4, -0.2) is 40.4 Å². The zero-order valence-electron chi connectivity index (χ0n) is 11.9. The Kier molecular flexibility index (Phi) is 4.13. The fourth-order valence-electron chi connectivity index (χ4n) is 2.46. The van der Waals surface area contributed by atoms with Crippen molar-refractivity contribution in [1.82, 2.24) is 0 Å². The molecule has 1 fully saturated rings. The van der Waals surface area contributed by atoms with Crippen LogP contribution in [0.25, 0.3) is 0 Å². The zero-order chi connectivity index (χ0) is 20.6. The lowest BCUT2D eigenvalue weighted by molar-refractivity contribution is -0.494. The van der Waals surface area contributed by atoms with Gasteiger partial charge in [0.05, 0.1) is 0 Å². The van der Waals surface area contributed by atoms with E-state index < -0.39 is 52.8 Å². The molecule has 0 heterocycles. The lowest BCUT2D eigenvalue weighted by Crippen LogP contribution is -2.84. The van der Waals surface area contributed by atoms with Crippen molar-refractivity contribution in [2.75, 3.05) is 0 Å². The van der Waals surface area contributed by atoms with Crippen LogP contribution in [-0.2, 0) is 0 Å². The molecule has 0 amide bonds. The fraction of sp³-hybridized carbons (Fsp3) is 0.538. The monoisotopic (exact) mass is 406 g/mol. The molecule has 1 unspecified atom stereocenters. The van der Waals surface area contributed by atoms with Gasteiger partial charge in [-0.1, -0.05) is 12.1 Å². The van der Waals surface area contributed by atoms with Crippen LogP contribution >= 0.6 is 0 Å². The molecule has 0 bridgehead atoms. The third-order valence-electron chi connectivity index (χ3n) is 4.05. The van der Waals surface area contributed by atoms with E-state index in [1.54, 1.807) is 0 Å². The highest BCUT2D eigenvalue weighted by Crippen LogP contribution is 2.71. The van der Waals surface area contributed by atoms with Crippen molar-refractivity contribution in [2.24, 2.45) is 0 Å². The predicted molar refractivity (Wildman–Crippen MR) is 59.9 cm³/mol. The van der Waals surface area contributed by atoms with Gasteiger partial charge in [-0.05, 0) is 17.7 Å². The molecule has 148 valence electrons.